The number of ether oxygens (including phenoxy) is 2. The summed E-state index contributed by atoms with van der Waals surface area (Å²) in [5.41, 5.74) is 0. The Morgan fingerprint density at radius 1 is 1.17 bits per heavy atom. The molecule has 1 unspecified atom stereocenters. The lowest BCUT2D eigenvalue weighted by Crippen LogP contribution is -2.40. The van der Waals surface area contributed by atoms with Gasteiger partial charge >= 0.3 is 0 Å². The molecule has 1 aliphatic carbocycles. The van der Waals surface area contributed by atoms with Crippen molar-refractivity contribution in [1.29, 1.82) is 0 Å². The number of aromatic nitrogens is 3. The van der Waals surface area contributed by atoms with Gasteiger partial charge in [-0.25, -0.2) is 4.99 Å². The molecular formula is C21H40N6O2. The third-order valence-electron chi connectivity index (χ3n) is 5.55. The van der Waals surface area contributed by atoms with Crippen LogP contribution in [0.25, 0.3) is 0 Å². The fourth-order valence-corrected chi connectivity index (χ4v) is 3.77. The van der Waals surface area contributed by atoms with Gasteiger partial charge in [-0.1, -0.05) is 12.8 Å². The molecule has 2 N–H and O–H groups in total. The van der Waals surface area contributed by atoms with Crippen molar-refractivity contribution in [3.63, 3.8) is 0 Å². The number of aliphatic imine (C=N–C) groups is 1. The largest absolute Gasteiger partial charge is 0.382 e. The van der Waals surface area contributed by atoms with Crippen molar-refractivity contribution in [3.8, 4) is 0 Å². The summed E-state index contributed by atoms with van der Waals surface area (Å²) in [5, 5.41) is 15.2. The molecule has 1 aliphatic rings. The lowest BCUT2D eigenvalue weighted by atomic mass is 9.98. The minimum atomic E-state index is 0.343. The Bertz CT molecular complexity index is 598. The Hall–Kier alpha value is -1.67. The summed E-state index contributed by atoms with van der Waals surface area (Å²) in [7, 11) is 1.97. The zero-order chi connectivity index (χ0) is 20.9. The van der Waals surface area contributed by atoms with Gasteiger partial charge in [-0.05, 0) is 52.4 Å². The topological polar surface area (TPSA) is 85.6 Å². The standard InChI is InChI=1S/C21H40N6O2/c1-5-28-15-9-13-22-21(24-16-20-26-25-17(3)27(20)4)23-14-12-19(29-6-2)18-10-7-8-11-18/h18-19H,5-16H2,1-4H3,(H2,22,23,24). The Morgan fingerprint density at radius 3 is 2.59 bits per heavy atom. The minimum absolute atomic E-state index is 0.343. The van der Waals surface area contributed by atoms with Gasteiger partial charge in [-0.2, -0.15) is 0 Å². The molecule has 0 aliphatic heterocycles. The van der Waals surface area contributed by atoms with Crippen LogP contribution in [-0.2, 0) is 23.1 Å². The first-order valence-electron chi connectivity index (χ1n) is 11.2. The number of nitrogens with one attached hydrogen (secondary N) is 2. The molecule has 8 heteroatoms. The van der Waals surface area contributed by atoms with Crippen LogP contribution in [-0.4, -0.2) is 59.7 Å². The zero-order valence-electron chi connectivity index (χ0n) is 18.7. The molecule has 1 fully saturated rings. The van der Waals surface area contributed by atoms with Crippen molar-refractivity contribution >= 4 is 5.96 Å². The van der Waals surface area contributed by atoms with E-state index < -0.39 is 0 Å². The van der Waals surface area contributed by atoms with Gasteiger partial charge in [0, 0.05) is 40.0 Å². The summed E-state index contributed by atoms with van der Waals surface area (Å²) in [4.78, 5) is 4.72. The molecule has 8 nitrogen and oxygen atoms in total. The normalized spacial score (nSPS) is 16.3. The maximum Gasteiger partial charge on any atom is 0.191 e. The van der Waals surface area contributed by atoms with Gasteiger partial charge in [-0.3, -0.25) is 0 Å². The van der Waals surface area contributed by atoms with E-state index in [4.69, 9.17) is 14.5 Å². The second kappa shape index (κ2) is 13.5. The molecule has 166 valence electrons. The van der Waals surface area contributed by atoms with Crippen molar-refractivity contribution < 1.29 is 9.47 Å². The monoisotopic (exact) mass is 408 g/mol. The number of hydrogen-bond donors (Lipinski definition) is 2. The maximum absolute atomic E-state index is 6.04. The van der Waals surface area contributed by atoms with Crippen LogP contribution in [0.2, 0.25) is 0 Å². The second-order valence-electron chi connectivity index (χ2n) is 7.62. The molecule has 0 bridgehead atoms. The highest BCUT2D eigenvalue weighted by molar-refractivity contribution is 5.79. The van der Waals surface area contributed by atoms with E-state index in [1.807, 2.05) is 25.5 Å². The molecule has 1 saturated carbocycles. The van der Waals surface area contributed by atoms with Crippen LogP contribution in [0, 0.1) is 12.8 Å². The predicted molar refractivity (Wildman–Crippen MR) is 116 cm³/mol. The van der Waals surface area contributed by atoms with Crippen molar-refractivity contribution in [2.75, 3.05) is 32.9 Å². The zero-order valence-corrected chi connectivity index (χ0v) is 18.7. The van der Waals surface area contributed by atoms with Gasteiger partial charge in [0.1, 0.15) is 12.4 Å². The molecule has 1 aromatic rings. The molecule has 0 amide bonds. The SMILES string of the molecule is CCOCCCNC(=NCc1nnc(C)n1C)NCCC(OCC)C1CCCC1. The average Bonchev–Trinajstić information content (AvgIpc) is 3.36. The molecule has 0 saturated heterocycles. The number of nitrogens with zero attached hydrogens (tertiary/aromatic N) is 4. The van der Waals surface area contributed by atoms with Gasteiger partial charge in [0.25, 0.3) is 0 Å². The highest BCUT2D eigenvalue weighted by Crippen LogP contribution is 2.30. The van der Waals surface area contributed by atoms with E-state index in [0.717, 1.165) is 63.4 Å². The molecule has 1 aromatic heterocycles. The van der Waals surface area contributed by atoms with Gasteiger partial charge in [-0.15, -0.1) is 10.2 Å². The molecule has 2 rings (SSSR count). The number of aryl methyl sites for hydroxylation is 1. The summed E-state index contributed by atoms with van der Waals surface area (Å²) < 4.78 is 13.4. The summed E-state index contributed by atoms with van der Waals surface area (Å²) in [6, 6.07) is 0. The summed E-state index contributed by atoms with van der Waals surface area (Å²) in [5.74, 6) is 3.27. The van der Waals surface area contributed by atoms with E-state index >= 15 is 0 Å². The first kappa shape index (κ1) is 23.6. The van der Waals surface area contributed by atoms with E-state index in [1.54, 1.807) is 0 Å². The minimum Gasteiger partial charge on any atom is -0.382 e. The van der Waals surface area contributed by atoms with Crippen LogP contribution in [0.1, 0.15) is 64.0 Å². The molecule has 0 spiro atoms. The van der Waals surface area contributed by atoms with Gasteiger partial charge in [0.05, 0.1) is 6.10 Å². The molecule has 1 atom stereocenters. The van der Waals surface area contributed by atoms with Gasteiger partial charge in [0.2, 0.25) is 0 Å². The van der Waals surface area contributed by atoms with E-state index in [2.05, 4.69) is 27.8 Å². The van der Waals surface area contributed by atoms with Crippen LogP contribution in [0.3, 0.4) is 0 Å². The Labute approximate surface area is 175 Å². The van der Waals surface area contributed by atoms with Crippen molar-refractivity contribution in [2.24, 2.45) is 18.0 Å². The van der Waals surface area contributed by atoms with Crippen LogP contribution in [0.4, 0.5) is 0 Å². The first-order chi connectivity index (χ1) is 14.2. The van der Waals surface area contributed by atoms with Crippen LogP contribution >= 0.6 is 0 Å². The number of guanidine groups is 1. The van der Waals surface area contributed by atoms with E-state index in [1.165, 1.54) is 25.7 Å². The highest BCUT2D eigenvalue weighted by Gasteiger charge is 2.25. The number of rotatable bonds is 13. The summed E-state index contributed by atoms with van der Waals surface area (Å²) in [6.45, 7) is 10.5. The van der Waals surface area contributed by atoms with E-state index in [9.17, 15) is 0 Å². The molecule has 29 heavy (non-hydrogen) atoms. The maximum atomic E-state index is 6.04. The Balaban J connectivity index is 1.87. The molecule has 0 aromatic carbocycles. The Kier molecular flexibility index (Phi) is 11.0. The summed E-state index contributed by atoms with van der Waals surface area (Å²) >= 11 is 0. The fourth-order valence-electron chi connectivity index (χ4n) is 3.77. The lowest BCUT2D eigenvalue weighted by molar-refractivity contribution is 0.0169. The quantitative estimate of drug-likeness (QED) is 0.296. The van der Waals surface area contributed by atoms with Crippen LogP contribution in [0.5, 0.6) is 0 Å². The summed E-state index contributed by atoms with van der Waals surface area (Å²) in [6.07, 6.45) is 7.57. The fraction of sp³-hybridized carbons (Fsp3) is 0.857. The first-order valence-corrected chi connectivity index (χ1v) is 11.2. The van der Waals surface area contributed by atoms with Crippen LogP contribution < -0.4 is 10.6 Å². The highest BCUT2D eigenvalue weighted by atomic mass is 16.5. The molecule has 1 heterocycles. The number of hydrogen-bond acceptors (Lipinski definition) is 5. The van der Waals surface area contributed by atoms with Crippen molar-refractivity contribution in [1.82, 2.24) is 25.4 Å². The Morgan fingerprint density at radius 2 is 1.93 bits per heavy atom. The van der Waals surface area contributed by atoms with Crippen molar-refractivity contribution in [2.45, 2.75) is 71.9 Å². The second-order valence-corrected chi connectivity index (χ2v) is 7.62. The average molecular weight is 409 g/mol. The van der Waals surface area contributed by atoms with E-state index in [0.29, 0.717) is 18.6 Å². The molecular weight excluding hydrogens is 368 g/mol. The third kappa shape index (κ3) is 8.30. The van der Waals surface area contributed by atoms with Crippen molar-refractivity contribution in [3.05, 3.63) is 11.6 Å². The van der Waals surface area contributed by atoms with E-state index in [-0.39, 0.29) is 0 Å². The lowest BCUT2D eigenvalue weighted by Gasteiger charge is -2.24. The predicted octanol–water partition coefficient (Wildman–Crippen LogP) is 2.57. The molecule has 0 radical (unpaired) electrons. The third-order valence-corrected chi connectivity index (χ3v) is 5.55. The van der Waals surface area contributed by atoms with Gasteiger partial charge < -0.3 is 24.7 Å². The van der Waals surface area contributed by atoms with Gasteiger partial charge in [0.15, 0.2) is 11.8 Å². The van der Waals surface area contributed by atoms with Crippen LogP contribution in [0.15, 0.2) is 4.99 Å². The smallest absolute Gasteiger partial charge is 0.191 e.